The zero-order chi connectivity index (χ0) is 10.5. The zero-order valence-corrected chi connectivity index (χ0v) is 8.30. The summed E-state index contributed by atoms with van der Waals surface area (Å²) in [6.07, 6.45) is 5.69. The van der Waals surface area contributed by atoms with E-state index in [-0.39, 0.29) is 0 Å². The molecule has 2 rings (SSSR count). The normalized spacial score (nSPS) is 10.7. The molecule has 2 aromatic rings. The minimum atomic E-state index is 0.782. The highest BCUT2D eigenvalue weighted by atomic mass is 14.6. The Hall–Kier alpha value is -2.09. The molecule has 2 nitrogen and oxygen atoms in total. The van der Waals surface area contributed by atoms with Crippen LogP contribution in [0.25, 0.3) is 12.2 Å². The molecule has 0 atom stereocenters. The summed E-state index contributed by atoms with van der Waals surface area (Å²) in [5, 5.41) is 0. The quantitative estimate of drug-likeness (QED) is 0.750. The molecule has 0 aliphatic carbocycles. The van der Waals surface area contributed by atoms with Gasteiger partial charge in [-0.05, 0) is 29.8 Å². The minimum absolute atomic E-state index is 0.782. The largest absolute Gasteiger partial charge is 0.398 e. The molecular formula is C13H12N2. The van der Waals surface area contributed by atoms with Crippen molar-refractivity contribution in [1.82, 2.24) is 4.98 Å². The summed E-state index contributed by atoms with van der Waals surface area (Å²) in [6.45, 7) is 0. The lowest BCUT2D eigenvalue weighted by Crippen LogP contribution is -1.87. The molecule has 0 amide bonds. The van der Waals surface area contributed by atoms with Crippen LogP contribution in [-0.4, -0.2) is 4.98 Å². The summed E-state index contributed by atoms with van der Waals surface area (Å²) in [4.78, 5) is 4.20. The Morgan fingerprint density at radius 2 is 1.73 bits per heavy atom. The number of benzene rings is 1. The molecule has 1 aromatic heterocycles. The average molecular weight is 196 g/mol. The minimum Gasteiger partial charge on any atom is -0.398 e. The van der Waals surface area contributed by atoms with E-state index in [1.54, 1.807) is 6.20 Å². The number of anilines is 1. The van der Waals surface area contributed by atoms with Gasteiger partial charge in [-0.15, -0.1) is 0 Å². The van der Waals surface area contributed by atoms with Gasteiger partial charge in [-0.1, -0.05) is 30.3 Å². The Balaban J connectivity index is 2.23. The topological polar surface area (TPSA) is 38.9 Å². The predicted molar refractivity (Wildman–Crippen MR) is 64.0 cm³/mol. The highest BCUT2D eigenvalue weighted by Crippen LogP contribution is 2.13. The second kappa shape index (κ2) is 4.42. The number of aromatic nitrogens is 1. The van der Waals surface area contributed by atoms with Gasteiger partial charge in [0.15, 0.2) is 0 Å². The van der Waals surface area contributed by atoms with E-state index in [4.69, 9.17) is 5.73 Å². The van der Waals surface area contributed by atoms with Crippen molar-refractivity contribution >= 4 is 17.8 Å². The first-order valence-electron chi connectivity index (χ1n) is 4.80. The summed E-state index contributed by atoms with van der Waals surface area (Å²) in [7, 11) is 0. The second-order valence-electron chi connectivity index (χ2n) is 3.22. The van der Waals surface area contributed by atoms with E-state index in [9.17, 15) is 0 Å². The molecule has 0 spiro atoms. The van der Waals surface area contributed by atoms with Gasteiger partial charge in [0.1, 0.15) is 0 Å². The molecule has 2 heteroatoms. The SMILES string of the molecule is Nc1ccccc1/C=C/c1ccccn1. The van der Waals surface area contributed by atoms with Gasteiger partial charge in [-0.2, -0.15) is 0 Å². The molecule has 0 fully saturated rings. The van der Waals surface area contributed by atoms with Crippen molar-refractivity contribution in [2.75, 3.05) is 5.73 Å². The van der Waals surface area contributed by atoms with Crippen LogP contribution in [0, 0.1) is 0 Å². The fourth-order valence-electron chi connectivity index (χ4n) is 1.31. The molecule has 1 aromatic carbocycles. The lowest BCUT2D eigenvalue weighted by molar-refractivity contribution is 1.30. The molecule has 0 bridgehead atoms. The average Bonchev–Trinajstić information content (AvgIpc) is 2.29. The molecule has 0 unspecified atom stereocenters. The van der Waals surface area contributed by atoms with Crippen molar-refractivity contribution in [3.05, 3.63) is 59.9 Å². The van der Waals surface area contributed by atoms with Crippen LogP contribution in [0.1, 0.15) is 11.3 Å². The van der Waals surface area contributed by atoms with E-state index in [2.05, 4.69) is 4.98 Å². The lowest BCUT2D eigenvalue weighted by atomic mass is 10.1. The molecule has 1 heterocycles. The maximum absolute atomic E-state index is 5.81. The summed E-state index contributed by atoms with van der Waals surface area (Å²) in [6, 6.07) is 13.6. The highest BCUT2D eigenvalue weighted by Gasteiger charge is 1.91. The molecule has 0 saturated heterocycles. The van der Waals surface area contributed by atoms with Gasteiger partial charge in [0, 0.05) is 11.9 Å². The third-order valence-corrected chi connectivity index (χ3v) is 2.12. The lowest BCUT2D eigenvalue weighted by Gasteiger charge is -1.98. The van der Waals surface area contributed by atoms with Gasteiger partial charge < -0.3 is 5.73 Å². The summed E-state index contributed by atoms with van der Waals surface area (Å²) >= 11 is 0. The van der Waals surface area contributed by atoms with Crippen LogP contribution in [0.4, 0.5) is 5.69 Å². The monoisotopic (exact) mass is 196 g/mol. The summed E-state index contributed by atoms with van der Waals surface area (Å²) in [5.41, 5.74) is 8.54. The molecule has 0 radical (unpaired) electrons. The van der Waals surface area contributed by atoms with E-state index >= 15 is 0 Å². The summed E-state index contributed by atoms with van der Waals surface area (Å²) in [5.74, 6) is 0. The number of nitrogen functional groups attached to an aromatic ring is 1. The smallest absolute Gasteiger partial charge is 0.0629 e. The van der Waals surface area contributed by atoms with Crippen LogP contribution in [0.15, 0.2) is 48.7 Å². The molecule has 2 N–H and O–H groups in total. The first-order chi connectivity index (χ1) is 7.36. The number of hydrogen-bond acceptors (Lipinski definition) is 2. The highest BCUT2D eigenvalue weighted by molar-refractivity contribution is 5.74. The first-order valence-corrected chi connectivity index (χ1v) is 4.80. The van der Waals surface area contributed by atoms with E-state index in [0.29, 0.717) is 0 Å². The Bertz CT molecular complexity index is 461. The molecule has 0 saturated carbocycles. The second-order valence-corrected chi connectivity index (χ2v) is 3.22. The van der Waals surface area contributed by atoms with Crippen LogP contribution in [0.2, 0.25) is 0 Å². The summed E-state index contributed by atoms with van der Waals surface area (Å²) < 4.78 is 0. The van der Waals surface area contributed by atoms with E-state index in [1.165, 1.54) is 0 Å². The fourth-order valence-corrected chi connectivity index (χ4v) is 1.31. The van der Waals surface area contributed by atoms with Crippen molar-refractivity contribution < 1.29 is 0 Å². The van der Waals surface area contributed by atoms with Crippen molar-refractivity contribution in [3.63, 3.8) is 0 Å². The number of nitrogens with two attached hydrogens (primary N) is 1. The number of nitrogens with zero attached hydrogens (tertiary/aromatic N) is 1. The van der Waals surface area contributed by atoms with E-state index < -0.39 is 0 Å². The van der Waals surface area contributed by atoms with Gasteiger partial charge in [0.05, 0.1) is 5.69 Å². The third kappa shape index (κ3) is 2.44. The Labute approximate surface area is 89.1 Å². The van der Waals surface area contributed by atoms with Crippen LogP contribution >= 0.6 is 0 Å². The van der Waals surface area contributed by atoms with E-state index in [1.807, 2.05) is 54.6 Å². The maximum atomic E-state index is 5.81. The first kappa shape index (κ1) is 9.46. The molecule has 74 valence electrons. The Kier molecular flexibility index (Phi) is 2.79. The van der Waals surface area contributed by atoms with Crippen molar-refractivity contribution in [1.29, 1.82) is 0 Å². The number of pyridine rings is 1. The molecule has 0 aliphatic rings. The third-order valence-electron chi connectivity index (χ3n) is 2.12. The van der Waals surface area contributed by atoms with Gasteiger partial charge in [0.25, 0.3) is 0 Å². The zero-order valence-electron chi connectivity index (χ0n) is 8.30. The van der Waals surface area contributed by atoms with Crippen LogP contribution in [0.3, 0.4) is 0 Å². The number of hydrogen-bond donors (Lipinski definition) is 1. The van der Waals surface area contributed by atoms with Crippen LogP contribution in [-0.2, 0) is 0 Å². The molecular weight excluding hydrogens is 184 g/mol. The Morgan fingerprint density at radius 3 is 2.47 bits per heavy atom. The number of para-hydroxylation sites is 1. The van der Waals surface area contributed by atoms with Crippen molar-refractivity contribution in [2.45, 2.75) is 0 Å². The van der Waals surface area contributed by atoms with Gasteiger partial charge in [-0.25, -0.2) is 0 Å². The van der Waals surface area contributed by atoms with Gasteiger partial charge in [0.2, 0.25) is 0 Å². The fraction of sp³-hybridized carbons (Fsp3) is 0. The molecule has 15 heavy (non-hydrogen) atoms. The predicted octanol–water partition coefficient (Wildman–Crippen LogP) is 2.83. The van der Waals surface area contributed by atoms with Crippen molar-refractivity contribution in [3.8, 4) is 0 Å². The van der Waals surface area contributed by atoms with Gasteiger partial charge >= 0.3 is 0 Å². The maximum Gasteiger partial charge on any atom is 0.0629 e. The van der Waals surface area contributed by atoms with Crippen LogP contribution < -0.4 is 5.73 Å². The Morgan fingerprint density at radius 1 is 0.933 bits per heavy atom. The van der Waals surface area contributed by atoms with Crippen LogP contribution in [0.5, 0.6) is 0 Å². The van der Waals surface area contributed by atoms with Crippen molar-refractivity contribution in [2.24, 2.45) is 0 Å². The standard InChI is InChI=1S/C13H12N2/c14-13-7-2-1-5-11(13)8-9-12-6-3-4-10-15-12/h1-10H,14H2/b9-8+. The number of rotatable bonds is 2. The van der Waals surface area contributed by atoms with Gasteiger partial charge in [-0.3, -0.25) is 4.98 Å². The van der Waals surface area contributed by atoms with E-state index in [0.717, 1.165) is 16.9 Å². The molecule has 0 aliphatic heterocycles.